The molecule has 1 N–H and O–H groups in total. The van der Waals surface area contributed by atoms with Crippen molar-refractivity contribution >= 4 is 16.5 Å². The van der Waals surface area contributed by atoms with Crippen LogP contribution in [0.15, 0.2) is 5.38 Å². The third-order valence-electron chi connectivity index (χ3n) is 3.71. The zero-order chi connectivity index (χ0) is 13.7. The predicted octanol–water partition coefficient (Wildman–Crippen LogP) is 2.17. The molecule has 1 unspecified atom stereocenters. The van der Waals surface area contributed by atoms with E-state index in [2.05, 4.69) is 41.3 Å². The molecule has 0 radical (unpaired) electrons. The average molecular weight is 282 g/mol. The van der Waals surface area contributed by atoms with Crippen LogP contribution < -0.4 is 10.2 Å². The molecule has 1 aliphatic heterocycles. The molecule has 5 heteroatoms. The fourth-order valence-corrected chi connectivity index (χ4v) is 3.42. The van der Waals surface area contributed by atoms with E-state index in [1.54, 1.807) is 11.3 Å². The summed E-state index contributed by atoms with van der Waals surface area (Å²) in [5.74, 6) is 0. The van der Waals surface area contributed by atoms with Crippen molar-refractivity contribution in [3.05, 3.63) is 11.1 Å². The molecule has 1 atom stereocenters. The van der Waals surface area contributed by atoms with E-state index in [4.69, 9.17) is 4.98 Å². The highest BCUT2D eigenvalue weighted by molar-refractivity contribution is 7.13. The summed E-state index contributed by atoms with van der Waals surface area (Å²) in [5.41, 5.74) is 1.18. The minimum atomic E-state index is 0.629. The van der Waals surface area contributed by atoms with Crippen molar-refractivity contribution in [2.45, 2.75) is 39.8 Å². The lowest BCUT2D eigenvalue weighted by Crippen LogP contribution is -2.51. The Morgan fingerprint density at radius 2 is 2.26 bits per heavy atom. The standard InChI is InChI=1S/C14H26N4S/c1-4-6-15-9-13-11-19-14(16-13)18-8-7-17(5-2)12(3)10-18/h11-12,15H,4-10H2,1-3H3. The van der Waals surface area contributed by atoms with Crippen LogP contribution in [0.5, 0.6) is 0 Å². The highest BCUT2D eigenvalue weighted by atomic mass is 32.1. The fourth-order valence-electron chi connectivity index (χ4n) is 2.55. The third-order valence-corrected chi connectivity index (χ3v) is 4.66. The number of rotatable bonds is 6. The zero-order valence-corrected chi connectivity index (χ0v) is 13.2. The molecule has 2 heterocycles. The van der Waals surface area contributed by atoms with Gasteiger partial charge in [0, 0.05) is 37.6 Å². The van der Waals surface area contributed by atoms with E-state index in [1.807, 2.05) is 0 Å². The van der Waals surface area contributed by atoms with Crippen LogP contribution in [0.2, 0.25) is 0 Å². The molecular weight excluding hydrogens is 256 g/mol. The van der Waals surface area contributed by atoms with Crippen LogP contribution in [0.4, 0.5) is 5.13 Å². The van der Waals surface area contributed by atoms with Gasteiger partial charge in [-0.05, 0) is 26.4 Å². The van der Waals surface area contributed by atoms with Gasteiger partial charge >= 0.3 is 0 Å². The van der Waals surface area contributed by atoms with Crippen molar-refractivity contribution in [2.75, 3.05) is 37.6 Å². The van der Waals surface area contributed by atoms with Crippen LogP contribution in [-0.2, 0) is 6.54 Å². The van der Waals surface area contributed by atoms with E-state index < -0.39 is 0 Å². The number of piperazine rings is 1. The summed E-state index contributed by atoms with van der Waals surface area (Å²) >= 11 is 1.78. The Kier molecular flexibility index (Phi) is 5.60. The first kappa shape index (κ1) is 14.8. The Balaban J connectivity index is 1.88. The first-order chi connectivity index (χ1) is 9.24. The number of nitrogens with zero attached hydrogens (tertiary/aromatic N) is 3. The maximum absolute atomic E-state index is 4.75. The van der Waals surface area contributed by atoms with E-state index in [1.165, 1.54) is 17.2 Å². The summed E-state index contributed by atoms with van der Waals surface area (Å²) in [7, 11) is 0. The molecule has 4 nitrogen and oxygen atoms in total. The molecule has 1 saturated heterocycles. The smallest absolute Gasteiger partial charge is 0.185 e. The van der Waals surface area contributed by atoms with Crippen LogP contribution in [0.1, 0.15) is 32.9 Å². The Bertz CT molecular complexity index is 379. The van der Waals surface area contributed by atoms with E-state index >= 15 is 0 Å². The van der Waals surface area contributed by atoms with Gasteiger partial charge in [0.15, 0.2) is 5.13 Å². The summed E-state index contributed by atoms with van der Waals surface area (Å²) in [5, 5.41) is 6.79. The molecule has 1 aromatic rings. The van der Waals surface area contributed by atoms with Crippen LogP contribution in [0.25, 0.3) is 0 Å². The lowest BCUT2D eigenvalue weighted by molar-refractivity contribution is 0.199. The van der Waals surface area contributed by atoms with Gasteiger partial charge < -0.3 is 10.2 Å². The maximum Gasteiger partial charge on any atom is 0.185 e. The molecule has 0 spiro atoms. The van der Waals surface area contributed by atoms with Gasteiger partial charge in [0.25, 0.3) is 0 Å². The molecule has 19 heavy (non-hydrogen) atoms. The first-order valence-corrected chi connectivity index (χ1v) is 8.26. The Labute approximate surface area is 120 Å². The van der Waals surface area contributed by atoms with Gasteiger partial charge in [-0.3, -0.25) is 4.90 Å². The van der Waals surface area contributed by atoms with Gasteiger partial charge in [0.1, 0.15) is 0 Å². The Morgan fingerprint density at radius 3 is 2.95 bits per heavy atom. The second kappa shape index (κ2) is 7.22. The predicted molar refractivity (Wildman–Crippen MR) is 83.0 cm³/mol. The van der Waals surface area contributed by atoms with Crippen LogP contribution in [-0.4, -0.2) is 48.6 Å². The summed E-state index contributed by atoms with van der Waals surface area (Å²) in [6, 6.07) is 0.629. The van der Waals surface area contributed by atoms with Gasteiger partial charge in [0.05, 0.1) is 5.69 Å². The normalized spacial score (nSPS) is 21.0. The Hall–Kier alpha value is -0.650. The molecule has 108 valence electrons. The van der Waals surface area contributed by atoms with E-state index in [0.717, 1.165) is 39.3 Å². The summed E-state index contributed by atoms with van der Waals surface area (Å²) in [6.07, 6.45) is 1.17. The number of nitrogens with one attached hydrogen (secondary N) is 1. The minimum absolute atomic E-state index is 0.629. The summed E-state index contributed by atoms with van der Waals surface area (Å²) in [6.45, 7) is 13.2. The highest BCUT2D eigenvalue weighted by Gasteiger charge is 2.23. The van der Waals surface area contributed by atoms with Crippen molar-refractivity contribution in [1.82, 2.24) is 15.2 Å². The number of aromatic nitrogens is 1. The molecule has 1 aliphatic rings. The van der Waals surface area contributed by atoms with Crippen molar-refractivity contribution in [3.8, 4) is 0 Å². The molecule has 2 rings (SSSR count). The average Bonchev–Trinajstić information content (AvgIpc) is 2.88. The molecule has 1 aromatic heterocycles. The maximum atomic E-state index is 4.75. The molecular formula is C14H26N4S. The Morgan fingerprint density at radius 1 is 1.42 bits per heavy atom. The monoisotopic (exact) mass is 282 g/mol. The van der Waals surface area contributed by atoms with Crippen LogP contribution in [0.3, 0.4) is 0 Å². The molecule has 0 aliphatic carbocycles. The van der Waals surface area contributed by atoms with Crippen LogP contribution >= 0.6 is 11.3 Å². The van der Waals surface area contributed by atoms with Gasteiger partial charge in [0.2, 0.25) is 0 Å². The second-order valence-electron chi connectivity index (χ2n) is 5.22. The minimum Gasteiger partial charge on any atom is -0.345 e. The number of hydrogen-bond acceptors (Lipinski definition) is 5. The van der Waals surface area contributed by atoms with Crippen molar-refractivity contribution in [2.24, 2.45) is 0 Å². The quantitative estimate of drug-likeness (QED) is 0.810. The van der Waals surface area contributed by atoms with Crippen molar-refractivity contribution in [1.29, 1.82) is 0 Å². The molecule has 1 fully saturated rings. The second-order valence-corrected chi connectivity index (χ2v) is 6.06. The van der Waals surface area contributed by atoms with Crippen molar-refractivity contribution < 1.29 is 0 Å². The fraction of sp³-hybridized carbons (Fsp3) is 0.786. The largest absolute Gasteiger partial charge is 0.345 e. The van der Waals surface area contributed by atoms with Gasteiger partial charge in [-0.15, -0.1) is 11.3 Å². The SMILES string of the molecule is CCCNCc1csc(N2CCN(CC)C(C)C2)n1. The van der Waals surface area contributed by atoms with Gasteiger partial charge in [-0.2, -0.15) is 0 Å². The van der Waals surface area contributed by atoms with E-state index in [-0.39, 0.29) is 0 Å². The van der Waals surface area contributed by atoms with Crippen LogP contribution in [0, 0.1) is 0 Å². The summed E-state index contributed by atoms with van der Waals surface area (Å²) in [4.78, 5) is 9.73. The summed E-state index contributed by atoms with van der Waals surface area (Å²) < 4.78 is 0. The van der Waals surface area contributed by atoms with Crippen molar-refractivity contribution in [3.63, 3.8) is 0 Å². The van der Waals surface area contributed by atoms with Gasteiger partial charge in [-0.1, -0.05) is 13.8 Å². The molecule has 0 saturated carbocycles. The molecule has 0 bridgehead atoms. The van der Waals surface area contributed by atoms with E-state index in [0.29, 0.717) is 6.04 Å². The molecule has 0 amide bonds. The number of likely N-dealkylation sites (N-methyl/N-ethyl adjacent to an activating group) is 1. The topological polar surface area (TPSA) is 31.4 Å². The highest BCUT2D eigenvalue weighted by Crippen LogP contribution is 2.23. The lowest BCUT2D eigenvalue weighted by Gasteiger charge is -2.39. The zero-order valence-electron chi connectivity index (χ0n) is 12.4. The molecule has 0 aromatic carbocycles. The number of thiazole rings is 1. The lowest BCUT2D eigenvalue weighted by atomic mass is 10.2. The number of hydrogen-bond donors (Lipinski definition) is 1. The third kappa shape index (κ3) is 3.91. The van der Waals surface area contributed by atoms with Gasteiger partial charge in [-0.25, -0.2) is 4.98 Å². The first-order valence-electron chi connectivity index (χ1n) is 7.38. The van der Waals surface area contributed by atoms with E-state index in [9.17, 15) is 0 Å². The number of anilines is 1.